The van der Waals surface area contributed by atoms with Gasteiger partial charge in [-0.15, -0.1) is 0 Å². The molecule has 4 nitrogen and oxygen atoms in total. The Morgan fingerprint density at radius 1 is 1.27 bits per heavy atom. The van der Waals surface area contributed by atoms with Crippen LogP contribution in [0.15, 0.2) is 23.1 Å². The van der Waals surface area contributed by atoms with E-state index in [1.807, 2.05) is 0 Å². The molecule has 0 radical (unpaired) electrons. The summed E-state index contributed by atoms with van der Waals surface area (Å²) in [7, 11) is -1.66. The molecular formula is C16H22ClNO3S. The molecule has 0 N–H and O–H groups in total. The van der Waals surface area contributed by atoms with Crippen LogP contribution >= 0.6 is 11.6 Å². The van der Waals surface area contributed by atoms with Crippen molar-refractivity contribution in [2.24, 2.45) is 5.92 Å². The molecule has 22 heavy (non-hydrogen) atoms. The fourth-order valence-corrected chi connectivity index (χ4v) is 4.45. The third-order valence-electron chi connectivity index (χ3n) is 4.46. The highest BCUT2D eigenvalue weighted by atomic mass is 35.5. The average molecular weight is 344 g/mol. The first-order valence-electron chi connectivity index (χ1n) is 7.48. The lowest BCUT2D eigenvalue weighted by molar-refractivity contribution is 0.0628. The van der Waals surface area contributed by atoms with E-state index in [0.29, 0.717) is 11.5 Å². The smallest absolute Gasteiger partial charge is 0.253 e. The number of carbonyl (C=O) groups excluding carboxylic acids is 1. The predicted octanol–water partition coefficient (Wildman–Crippen LogP) is 3.39. The molecule has 0 aromatic heterocycles. The van der Waals surface area contributed by atoms with Crippen molar-refractivity contribution in [3.05, 3.63) is 28.8 Å². The summed E-state index contributed by atoms with van der Waals surface area (Å²) in [6.45, 7) is 2.16. The van der Waals surface area contributed by atoms with Gasteiger partial charge in [0.25, 0.3) is 5.91 Å². The molecule has 1 saturated carbocycles. The van der Waals surface area contributed by atoms with Crippen molar-refractivity contribution >= 4 is 27.3 Å². The summed E-state index contributed by atoms with van der Waals surface area (Å²) in [5, 5.41) is 0.146. The van der Waals surface area contributed by atoms with Gasteiger partial charge in [0.1, 0.15) is 0 Å². The van der Waals surface area contributed by atoms with Gasteiger partial charge in [0.05, 0.1) is 9.92 Å². The van der Waals surface area contributed by atoms with Gasteiger partial charge in [-0.2, -0.15) is 0 Å². The quantitative estimate of drug-likeness (QED) is 0.845. The molecule has 2 atom stereocenters. The molecule has 1 amide bonds. The van der Waals surface area contributed by atoms with E-state index >= 15 is 0 Å². The third kappa shape index (κ3) is 3.63. The molecule has 1 aromatic rings. The number of hydrogen-bond donors (Lipinski definition) is 0. The van der Waals surface area contributed by atoms with Crippen molar-refractivity contribution < 1.29 is 13.2 Å². The molecule has 0 saturated heterocycles. The highest BCUT2D eigenvalue weighted by molar-refractivity contribution is 7.90. The van der Waals surface area contributed by atoms with Gasteiger partial charge >= 0.3 is 0 Å². The molecule has 122 valence electrons. The summed E-state index contributed by atoms with van der Waals surface area (Å²) in [4.78, 5) is 14.4. The minimum atomic E-state index is -3.45. The number of halogens is 1. The van der Waals surface area contributed by atoms with Crippen molar-refractivity contribution in [1.82, 2.24) is 4.90 Å². The molecule has 1 aromatic carbocycles. The van der Waals surface area contributed by atoms with Crippen LogP contribution in [0.2, 0.25) is 5.02 Å². The van der Waals surface area contributed by atoms with Gasteiger partial charge < -0.3 is 4.90 Å². The van der Waals surface area contributed by atoms with Crippen LogP contribution < -0.4 is 0 Å². The van der Waals surface area contributed by atoms with Gasteiger partial charge in [-0.1, -0.05) is 31.4 Å². The maximum absolute atomic E-state index is 12.7. The highest BCUT2D eigenvalue weighted by Crippen LogP contribution is 2.29. The van der Waals surface area contributed by atoms with Gasteiger partial charge in [-0.05, 0) is 37.0 Å². The minimum Gasteiger partial charge on any atom is -0.338 e. The Kier molecular flexibility index (Phi) is 5.17. The van der Waals surface area contributed by atoms with Gasteiger partial charge in [0, 0.05) is 24.9 Å². The Labute approximate surface area is 137 Å². The normalized spacial score (nSPS) is 22.4. The lowest BCUT2D eigenvalue weighted by atomic mass is 9.85. The second-order valence-corrected chi connectivity index (χ2v) is 8.55. The van der Waals surface area contributed by atoms with Gasteiger partial charge in [0.2, 0.25) is 0 Å². The Bertz CT molecular complexity index is 672. The van der Waals surface area contributed by atoms with E-state index in [0.717, 1.165) is 25.5 Å². The Morgan fingerprint density at radius 2 is 1.91 bits per heavy atom. The van der Waals surface area contributed by atoms with Crippen molar-refractivity contribution in [2.45, 2.75) is 43.5 Å². The Balaban J connectivity index is 2.29. The number of amides is 1. The van der Waals surface area contributed by atoms with Crippen molar-refractivity contribution in [3.8, 4) is 0 Å². The summed E-state index contributed by atoms with van der Waals surface area (Å²) in [6, 6.07) is 4.65. The van der Waals surface area contributed by atoms with Crippen LogP contribution in [-0.2, 0) is 9.84 Å². The van der Waals surface area contributed by atoms with E-state index in [-0.39, 0.29) is 21.9 Å². The first kappa shape index (κ1) is 17.3. The van der Waals surface area contributed by atoms with Gasteiger partial charge in [0.15, 0.2) is 9.84 Å². The van der Waals surface area contributed by atoms with Gasteiger partial charge in [-0.25, -0.2) is 8.42 Å². The monoisotopic (exact) mass is 343 g/mol. The van der Waals surface area contributed by atoms with Crippen molar-refractivity contribution in [3.63, 3.8) is 0 Å². The SMILES string of the molecule is CC1CCCCC1N(C)C(=O)c1ccc(Cl)c(S(C)(=O)=O)c1. The number of nitrogens with zero attached hydrogens (tertiary/aromatic N) is 1. The fraction of sp³-hybridized carbons (Fsp3) is 0.562. The summed E-state index contributed by atoms with van der Waals surface area (Å²) in [6.07, 6.45) is 5.55. The molecular weight excluding hydrogens is 322 g/mol. The zero-order valence-corrected chi connectivity index (χ0v) is 14.7. The average Bonchev–Trinajstić information content (AvgIpc) is 2.45. The molecule has 1 aliphatic rings. The van der Waals surface area contributed by atoms with Crippen LogP contribution in [-0.4, -0.2) is 38.6 Å². The molecule has 1 aliphatic carbocycles. The molecule has 0 bridgehead atoms. The van der Waals surface area contributed by atoms with E-state index in [9.17, 15) is 13.2 Å². The van der Waals surface area contributed by atoms with E-state index < -0.39 is 9.84 Å². The standard InChI is InChI=1S/C16H22ClNO3S/c1-11-6-4-5-7-14(11)18(2)16(19)12-8-9-13(17)15(10-12)22(3,20)21/h8-11,14H,4-7H2,1-3H3. The predicted molar refractivity (Wildman–Crippen MR) is 88.1 cm³/mol. The maximum Gasteiger partial charge on any atom is 0.253 e. The number of hydrogen-bond acceptors (Lipinski definition) is 3. The summed E-state index contributed by atoms with van der Waals surface area (Å²) in [5.74, 6) is 0.310. The van der Waals surface area contributed by atoms with Crippen LogP contribution in [0.4, 0.5) is 0 Å². The first-order valence-corrected chi connectivity index (χ1v) is 9.75. The molecule has 0 heterocycles. The number of carbonyl (C=O) groups is 1. The molecule has 2 rings (SSSR count). The van der Waals surface area contributed by atoms with Crippen LogP contribution in [0.25, 0.3) is 0 Å². The molecule has 0 spiro atoms. The molecule has 2 unspecified atom stereocenters. The van der Waals surface area contributed by atoms with Crippen LogP contribution in [0.5, 0.6) is 0 Å². The highest BCUT2D eigenvalue weighted by Gasteiger charge is 2.29. The lowest BCUT2D eigenvalue weighted by Crippen LogP contribution is -2.42. The molecule has 1 fully saturated rings. The van der Waals surface area contributed by atoms with E-state index in [1.165, 1.54) is 18.6 Å². The minimum absolute atomic E-state index is 0.00473. The number of rotatable bonds is 3. The number of sulfone groups is 1. The van der Waals surface area contributed by atoms with Crippen LogP contribution in [0.1, 0.15) is 43.0 Å². The third-order valence-corrected chi connectivity index (χ3v) is 6.04. The van der Waals surface area contributed by atoms with Crippen molar-refractivity contribution in [2.75, 3.05) is 13.3 Å². The summed E-state index contributed by atoms with van der Waals surface area (Å²) < 4.78 is 23.5. The zero-order valence-electron chi connectivity index (χ0n) is 13.2. The zero-order chi connectivity index (χ0) is 16.5. The maximum atomic E-state index is 12.7. The van der Waals surface area contributed by atoms with Crippen molar-refractivity contribution in [1.29, 1.82) is 0 Å². The molecule has 6 heteroatoms. The number of benzene rings is 1. The second-order valence-electron chi connectivity index (χ2n) is 6.16. The Hall–Kier alpha value is -1.07. The largest absolute Gasteiger partial charge is 0.338 e. The summed E-state index contributed by atoms with van der Waals surface area (Å²) in [5.41, 5.74) is 0.366. The topological polar surface area (TPSA) is 54.5 Å². The van der Waals surface area contributed by atoms with E-state index in [1.54, 1.807) is 18.0 Å². The first-order chi connectivity index (χ1) is 10.2. The fourth-order valence-electron chi connectivity index (χ4n) is 3.15. The molecule has 0 aliphatic heterocycles. The second kappa shape index (κ2) is 6.59. The van der Waals surface area contributed by atoms with E-state index in [4.69, 9.17) is 11.6 Å². The van der Waals surface area contributed by atoms with Gasteiger partial charge in [-0.3, -0.25) is 4.79 Å². The van der Waals surface area contributed by atoms with E-state index in [2.05, 4.69) is 6.92 Å². The van der Waals surface area contributed by atoms with Crippen LogP contribution in [0.3, 0.4) is 0 Å². The Morgan fingerprint density at radius 3 is 2.50 bits per heavy atom. The lowest BCUT2D eigenvalue weighted by Gasteiger charge is -2.36. The summed E-state index contributed by atoms with van der Waals surface area (Å²) >= 11 is 5.93. The van der Waals surface area contributed by atoms with Crippen LogP contribution in [0, 0.1) is 5.92 Å².